The standard InChI is InChI=1S/C12H16O2/c1-10(2)14-12-7-3-5-11(9-12)6-4-8-13/h3,5,7-10H,4,6H2,1-2H3. The summed E-state index contributed by atoms with van der Waals surface area (Å²) in [6.45, 7) is 4.00. The molecule has 76 valence electrons. The van der Waals surface area contributed by atoms with Gasteiger partial charge in [-0.25, -0.2) is 0 Å². The van der Waals surface area contributed by atoms with Gasteiger partial charge in [0.1, 0.15) is 12.0 Å². The van der Waals surface area contributed by atoms with Gasteiger partial charge in [-0.15, -0.1) is 0 Å². The molecule has 0 bridgehead atoms. The summed E-state index contributed by atoms with van der Waals surface area (Å²) in [6, 6.07) is 7.89. The second-order valence-corrected chi connectivity index (χ2v) is 3.52. The molecule has 0 fully saturated rings. The number of hydrogen-bond acceptors (Lipinski definition) is 2. The molecule has 0 aliphatic carbocycles. The largest absolute Gasteiger partial charge is 0.491 e. The van der Waals surface area contributed by atoms with Crippen molar-refractivity contribution >= 4 is 6.29 Å². The summed E-state index contributed by atoms with van der Waals surface area (Å²) >= 11 is 0. The molecule has 0 spiro atoms. The smallest absolute Gasteiger partial charge is 0.120 e. The van der Waals surface area contributed by atoms with Crippen molar-refractivity contribution in [1.29, 1.82) is 0 Å². The zero-order valence-corrected chi connectivity index (χ0v) is 8.69. The van der Waals surface area contributed by atoms with Crippen molar-refractivity contribution < 1.29 is 9.53 Å². The van der Waals surface area contributed by atoms with Crippen LogP contribution in [0.1, 0.15) is 25.8 Å². The quantitative estimate of drug-likeness (QED) is 0.670. The summed E-state index contributed by atoms with van der Waals surface area (Å²) in [6.07, 6.45) is 2.50. The normalized spacial score (nSPS) is 10.2. The summed E-state index contributed by atoms with van der Waals surface area (Å²) in [5.74, 6) is 0.878. The number of ether oxygens (including phenoxy) is 1. The van der Waals surface area contributed by atoms with Crippen molar-refractivity contribution in [1.82, 2.24) is 0 Å². The third kappa shape index (κ3) is 3.60. The van der Waals surface area contributed by atoms with Gasteiger partial charge in [0.05, 0.1) is 6.10 Å². The van der Waals surface area contributed by atoms with Crippen LogP contribution in [0.15, 0.2) is 24.3 Å². The van der Waals surface area contributed by atoms with Crippen molar-refractivity contribution in [3.05, 3.63) is 29.8 Å². The molecule has 0 heterocycles. The fourth-order valence-corrected chi connectivity index (χ4v) is 1.27. The monoisotopic (exact) mass is 192 g/mol. The van der Waals surface area contributed by atoms with Crippen LogP contribution in [0.25, 0.3) is 0 Å². The molecule has 0 saturated heterocycles. The Bertz CT molecular complexity index is 292. The van der Waals surface area contributed by atoms with Crippen LogP contribution in [0.5, 0.6) is 5.75 Å². The molecule has 0 aliphatic rings. The minimum atomic E-state index is 0.191. The van der Waals surface area contributed by atoms with Crippen molar-refractivity contribution in [2.45, 2.75) is 32.8 Å². The average molecular weight is 192 g/mol. The van der Waals surface area contributed by atoms with Crippen LogP contribution < -0.4 is 4.74 Å². The molecule has 0 atom stereocenters. The number of carbonyl (C=O) groups excluding carboxylic acids is 1. The average Bonchev–Trinajstić information content (AvgIpc) is 2.14. The van der Waals surface area contributed by atoms with Crippen molar-refractivity contribution in [3.63, 3.8) is 0 Å². The summed E-state index contributed by atoms with van der Waals surface area (Å²) < 4.78 is 5.55. The van der Waals surface area contributed by atoms with Crippen LogP contribution in [0.4, 0.5) is 0 Å². The van der Waals surface area contributed by atoms with Gasteiger partial charge in [-0.1, -0.05) is 12.1 Å². The van der Waals surface area contributed by atoms with Gasteiger partial charge >= 0.3 is 0 Å². The molecular formula is C12H16O2. The van der Waals surface area contributed by atoms with Gasteiger partial charge in [0.15, 0.2) is 0 Å². The van der Waals surface area contributed by atoms with Gasteiger partial charge in [-0.3, -0.25) is 0 Å². The van der Waals surface area contributed by atoms with Crippen LogP contribution in [0.3, 0.4) is 0 Å². The highest BCUT2D eigenvalue weighted by Gasteiger charge is 1.98. The first-order valence-electron chi connectivity index (χ1n) is 4.91. The zero-order valence-electron chi connectivity index (χ0n) is 8.69. The van der Waals surface area contributed by atoms with E-state index in [1.54, 1.807) is 0 Å². The Hall–Kier alpha value is -1.31. The first kappa shape index (κ1) is 10.8. The van der Waals surface area contributed by atoms with E-state index in [1.165, 1.54) is 0 Å². The van der Waals surface area contributed by atoms with Gasteiger partial charge in [0.25, 0.3) is 0 Å². The molecule has 1 aromatic rings. The van der Waals surface area contributed by atoms with Gasteiger partial charge < -0.3 is 9.53 Å². The fraction of sp³-hybridized carbons (Fsp3) is 0.417. The molecule has 0 unspecified atom stereocenters. The highest BCUT2D eigenvalue weighted by molar-refractivity contribution is 5.50. The molecule has 0 aliphatic heterocycles. The van der Waals surface area contributed by atoms with Crippen LogP contribution in [0.2, 0.25) is 0 Å². The molecule has 1 aromatic carbocycles. The maximum Gasteiger partial charge on any atom is 0.120 e. The summed E-state index contributed by atoms with van der Waals surface area (Å²) in [5, 5.41) is 0. The summed E-state index contributed by atoms with van der Waals surface area (Å²) in [7, 11) is 0. The number of aldehydes is 1. The molecule has 0 amide bonds. The molecule has 0 N–H and O–H groups in total. The number of rotatable bonds is 5. The van der Waals surface area contributed by atoms with Crippen molar-refractivity contribution in [2.24, 2.45) is 0 Å². The van der Waals surface area contributed by atoms with E-state index in [1.807, 2.05) is 38.1 Å². The highest BCUT2D eigenvalue weighted by Crippen LogP contribution is 2.15. The molecule has 2 nitrogen and oxygen atoms in total. The van der Waals surface area contributed by atoms with E-state index in [4.69, 9.17) is 4.74 Å². The van der Waals surface area contributed by atoms with Crippen LogP contribution >= 0.6 is 0 Å². The Morgan fingerprint density at radius 3 is 2.86 bits per heavy atom. The minimum Gasteiger partial charge on any atom is -0.491 e. The second kappa shape index (κ2) is 5.43. The number of aryl methyl sites for hydroxylation is 1. The lowest BCUT2D eigenvalue weighted by molar-refractivity contribution is -0.107. The van der Waals surface area contributed by atoms with Crippen LogP contribution in [0, 0.1) is 0 Å². The maximum atomic E-state index is 10.2. The third-order valence-corrected chi connectivity index (χ3v) is 1.82. The maximum absolute atomic E-state index is 10.2. The molecule has 0 aromatic heterocycles. The lowest BCUT2D eigenvalue weighted by Crippen LogP contribution is -2.05. The topological polar surface area (TPSA) is 26.3 Å². The minimum absolute atomic E-state index is 0.191. The van der Waals surface area contributed by atoms with Gasteiger partial charge in [0.2, 0.25) is 0 Å². The zero-order chi connectivity index (χ0) is 10.4. The Labute approximate surface area is 84.9 Å². The summed E-state index contributed by atoms with van der Waals surface area (Å²) in [5.41, 5.74) is 1.15. The molecule has 0 radical (unpaired) electrons. The predicted octanol–water partition coefficient (Wildman–Crippen LogP) is 2.61. The number of carbonyl (C=O) groups is 1. The first-order chi connectivity index (χ1) is 6.72. The van der Waals surface area contributed by atoms with E-state index in [2.05, 4.69) is 0 Å². The van der Waals surface area contributed by atoms with Crippen LogP contribution in [-0.2, 0) is 11.2 Å². The number of hydrogen-bond donors (Lipinski definition) is 0. The SMILES string of the molecule is CC(C)Oc1cccc(CCC=O)c1. The molecule has 2 heteroatoms. The van der Waals surface area contributed by atoms with Crippen molar-refractivity contribution in [2.75, 3.05) is 0 Å². The summed E-state index contributed by atoms with van der Waals surface area (Å²) in [4.78, 5) is 10.2. The van der Waals surface area contributed by atoms with E-state index in [0.717, 1.165) is 24.0 Å². The fourth-order valence-electron chi connectivity index (χ4n) is 1.27. The van der Waals surface area contributed by atoms with E-state index in [9.17, 15) is 4.79 Å². The van der Waals surface area contributed by atoms with E-state index in [0.29, 0.717) is 6.42 Å². The lowest BCUT2D eigenvalue weighted by Gasteiger charge is -2.10. The van der Waals surface area contributed by atoms with Gasteiger partial charge in [-0.05, 0) is 38.0 Å². The highest BCUT2D eigenvalue weighted by atomic mass is 16.5. The Balaban J connectivity index is 2.63. The Morgan fingerprint density at radius 2 is 2.21 bits per heavy atom. The first-order valence-corrected chi connectivity index (χ1v) is 4.91. The van der Waals surface area contributed by atoms with E-state index in [-0.39, 0.29) is 6.10 Å². The van der Waals surface area contributed by atoms with Crippen LogP contribution in [-0.4, -0.2) is 12.4 Å². The van der Waals surface area contributed by atoms with Gasteiger partial charge in [-0.2, -0.15) is 0 Å². The predicted molar refractivity (Wildman–Crippen MR) is 56.6 cm³/mol. The molecule has 14 heavy (non-hydrogen) atoms. The number of benzene rings is 1. The van der Waals surface area contributed by atoms with E-state index < -0.39 is 0 Å². The van der Waals surface area contributed by atoms with E-state index >= 15 is 0 Å². The molecule has 0 saturated carbocycles. The van der Waals surface area contributed by atoms with Gasteiger partial charge in [0, 0.05) is 6.42 Å². The van der Waals surface area contributed by atoms with Crippen molar-refractivity contribution in [3.8, 4) is 5.75 Å². The molecular weight excluding hydrogens is 176 g/mol. The lowest BCUT2D eigenvalue weighted by atomic mass is 10.1. The molecule has 1 rings (SSSR count). The third-order valence-electron chi connectivity index (χ3n) is 1.82. The second-order valence-electron chi connectivity index (χ2n) is 3.52. The Morgan fingerprint density at radius 1 is 1.43 bits per heavy atom. The Kier molecular flexibility index (Phi) is 4.17.